The van der Waals surface area contributed by atoms with Crippen LogP contribution in [-0.2, 0) is 0 Å². The molecule has 15 aromatic rings. The largest absolute Gasteiger partial charge is 0.308 e. The second kappa shape index (κ2) is 16.1. The summed E-state index contributed by atoms with van der Waals surface area (Å²) in [7, 11) is -6.16. The third kappa shape index (κ3) is 6.21. The van der Waals surface area contributed by atoms with Crippen LogP contribution < -0.4 is 20.7 Å². The normalized spacial score (nSPS) is 15.6. The van der Waals surface area contributed by atoms with Crippen molar-refractivity contribution in [2.75, 3.05) is 0 Å². The average Bonchev–Trinajstić information content (AvgIpc) is 0.756. The number of thiophene rings is 3. The van der Waals surface area contributed by atoms with Gasteiger partial charge in [-0.25, -0.2) is 0 Å². The molecule has 5 heteroatoms. The minimum Gasteiger partial charge on any atom is -0.308 e. The Morgan fingerprint density at radius 3 is 1.23 bits per heavy atom. The number of aromatic nitrogens is 1. The lowest BCUT2D eigenvalue weighted by molar-refractivity contribution is 1.19. The summed E-state index contributed by atoms with van der Waals surface area (Å²) in [5.74, 6) is 0. The van der Waals surface area contributed by atoms with Gasteiger partial charge in [0.15, 0.2) is 8.07 Å². The van der Waals surface area contributed by atoms with E-state index in [9.17, 15) is 19.2 Å². The molecule has 0 amide bonds. The zero-order valence-electron chi connectivity index (χ0n) is 54.0. The molecule has 4 heterocycles. The molecule has 1 nitrogen and oxygen atoms in total. The molecule has 0 saturated carbocycles. The van der Waals surface area contributed by atoms with Crippen molar-refractivity contribution < 1.29 is 23.3 Å². The van der Waals surface area contributed by atoms with Gasteiger partial charge in [0.1, 0.15) is 0 Å². The summed E-state index contributed by atoms with van der Waals surface area (Å²) in [4.78, 5) is 0. The van der Waals surface area contributed by atoms with Crippen LogP contribution in [0.4, 0.5) is 0 Å². The maximum atomic E-state index is 11.5. The number of benzene rings is 11. The smallest absolute Gasteiger partial charge is 0.179 e. The summed E-state index contributed by atoms with van der Waals surface area (Å²) in [6.45, 7) is 0. The molecular weight excluding hydrogens is 931 g/mol. The van der Waals surface area contributed by atoms with Crippen molar-refractivity contribution in [3.8, 4) is 27.9 Å². The first kappa shape index (κ1) is 27.5. The number of nitrogens with zero attached hydrogens (tertiary/aromatic N) is 1. The van der Waals surface area contributed by atoms with E-state index in [4.69, 9.17) is 4.11 Å². The van der Waals surface area contributed by atoms with Gasteiger partial charge in [-0.3, -0.25) is 0 Å². The van der Waals surface area contributed by atoms with E-state index in [1.54, 1.807) is 34.0 Å². The number of fused-ring (bicyclic) bond motifs is 12. The SMILES string of the molecule is [2H]c1c([2H])c([2H])c([Si](c2c([2H])c([2H])c([2H])c([2H])c2[2H])(c2c([2H])c([2H])c([2H])c([2H])c2[2H])c2c([2H])c(-c3ccc4sc5ccccc5c4c3)c(-n3c4ccccc4c4cc5sc6ccccc6c5cc43)c(-c3ccc4sc5ccccc5c4c3)c2[2H])c([2H])c1[2H]. The highest BCUT2D eigenvalue weighted by Crippen LogP contribution is 2.47. The molecule has 0 radical (unpaired) electrons. The second-order valence-electron chi connectivity index (χ2n) is 17.4. The zero-order valence-corrected chi connectivity index (χ0v) is 40.5. The van der Waals surface area contributed by atoms with Crippen LogP contribution in [0.1, 0.15) is 23.3 Å². The predicted octanol–water partition coefficient (Wildman–Crippen LogP) is 16.6. The lowest BCUT2D eigenvalue weighted by Gasteiger charge is -2.36. The summed E-state index contributed by atoms with van der Waals surface area (Å²) in [5, 5.41) is 3.98. The van der Waals surface area contributed by atoms with Crippen molar-refractivity contribution >= 4 is 145 Å². The Morgan fingerprint density at radius 2 is 0.732 bits per heavy atom. The van der Waals surface area contributed by atoms with Gasteiger partial charge in [0.25, 0.3) is 0 Å². The van der Waals surface area contributed by atoms with Gasteiger partial charge < -0.3 is 4.57 Å². The Hall–Kier alpha value is -7.90. The van der Waals surface area contributed by atoms with Crippen LogP contribution in [0.25, 0.3) is 110 Å². The number of hydrogen-bond acceptors (Lipinski definition) is 3. The van der Waals surface area contributed by atoms with Gasteiger partial charge in [0, 0.05) is 82.4 Å². The van der Waals surface area contributed by atoms with Crippen LogP contribution in [0.5, 0.6) is 0 Å². The minimum absolute atomic E-state index is 0.0790. The maximum absolute atomic E-state index is 11.5. The summed E-state index contributed by atoms with van der Waals surface area (Å²) in [5.41, 5.74) is 2.50. The molecule has 0 aliphatic rings. The second-order valence-corrected chi connectivity index (χ2v) is 24.2. The molecule has 0 atom stereocenters. The van der Waals surface area contributed by atoms with E-state index >= 15 is 0 Å². The van der Waals surface area contributed by atoms with Gasteiger partial charge in [0.05, 0.1) is 40.0 Å². The van der Waals surface area contributed by atoms with Crippen LogP contribution in [0, 0.1) is 0 Å². The van der Waals surface area contributed by atoms with E-state index in [-0.39, 0.29) is 16.8 Å². The monoisotopic (exact) mass is 988 g/mol. The van der Waals surface area contributed by atoms with Crippen LogP contribution >= 0.6 is 34.0 Å². The molecular formula is C66H41NS3Si. The van der Waals surface area contributed by atoms with Crippen LogP contribution in [0.2, 0.25) is 0 Å². The first-order valence-corrected chi connectivity index (χ1v) is 27.3. The van der Waals surface area contributed by atoms with Crippen molar-refractivity contribution in [3.63, 3.8) is 0 Å². The molecule has 0 unspecified atom stereocenters. The van der Waals surface area contributed by atoms with E-state index in [1.807, 2.05) is 126 Å². The maximum Gasteiger partial charge on any atom is 0.179 e. The molecule has 0 bridgehead atoms. The summed E-state index contributed by atoms with van der Waals surface area (Å²) in [6, 6.07) is 31.7. The first-order valence-electron chi connectivity index (χ1n) is 31.3. The van der Waals surface area contributed by atoms with Crippen molar-refractivity contribution in [1.29, 1.82) is 0 Å². The fourth-order valence-electron chi connectivity index (χ4n) is 10.6. The van der Waals surface area contributed by atoms with Gasteiger partial charge in [-0.05, 0) is 92.5 Å². The lowest BCUT2D eigenvalue weighted by Crippen LogP contribution is -2.74. The third-order valence-electron chi connectivity index (χ3n) is 13.7. The highest BCUT2D eigenvalue weighted by Gasteiger charge is 2.42. The number of para-hydroxylation sites is 1. The molecule has 0 spiro atoms. The predicted molar refractivity (Wildman–Crippen MR) is 314 cm³/mol. The van der Waals surface area contributed by atoms with E-state index in [0.717, 1.165) is 71.3 Å². The Morgan fingerprint density at radius 1 is 0.324 bits per heavy atom. The average molecular weight is 989 g/mol. The van der Waals surface area contributed by atoms with Crippen molar-refractivity contribution in [2.45, 2.75) is 0 Å². The number of hydrogen-bond donors (Lipinski definition) is 0. The molecule has 0 fully saturated rings. The van der Waals surface area contributed by atoms with Crippen molar-refractivity contribution in [2.24, 2.45) is 0 Å². The van der Waals surface area contributed by atoms with Gasteiger partial charge in [-0.2, -0.15) is 0 Å². The molecule has 0 aliphatic carbocycles. The van der Waals surface area contributed by atoms with E-state index in [1.165, 1.54) is 0 Å². The Labute approximate surface area is 447 Å². The van der Waals surface area contributed by atoms with E-state index < -0.39 is 132 Å². The van der Waals surface area contributed by atoms with Crippen molar-refractivity contribution in [3.05, 3.63) is 248 Å². The molecule has 0 aliphatic heterocycles. The Kier molecular flexibility index (Phi) is 6.22. The fourth-order valence-corrected chi connectivity index (χ4v) is 17.5. The molecule has 0 N–H and O–H groups in total. The molecule has 15 rings (SSSR count). The highest BCUT2D eigenvalue weighted by atomic mass is 32.1. The number of rotatable bonds is 7. The van der Waals surface area contributed by atoms with Gasteiger partial charge in [-0.1, -0.05) is 188 Å². The molecule has 11 aromatic carbocycles. The van der Waals surface area contributed by atoms with Gasteiger partial charge in [-0.15, -0.1) is 34.0 Å². The summed E-state index contributed by atoms with van der Waals surface area (Å²) >= 11 is 4.75. The van der Waals surface area contributed by atoms with Gasteiger partial charge >= 0.3 is 0 Å². The summed E-state index contributed by atoms with van der Waals surface area (Å²) in [6.07, 6.45) is 0. The topological polar surface area (TPSA) is 4.93 Å². The first-order chi connectivity index (χ1) is 42.3. The molecule has 4 aromatic heterocycles. The molecule has 0 saturated heterocycles. The zero-order chi connectivity index (χ0) is 61.4. The van der Waals surface area contributed by atoms with E-state index in [2.05, 4.69) is 24.3 Å². The van der Waals surface area contributed by atoms with Crippen LogP contribution in [0.3, 0.4) is 0 Å². The van der Waals surface area contributed by atoms with Crippen LogP contribution in [-0.4, -0.2) is 12.6 Å². The fraction of sp³-hybridized carbons (Fsp3) is 0. The van der Waals surface area contributed by atoms with Gasteiger partial charge in [0.2, 0.25) is 0 Å². The molecule has 332 valence electrons. The standard InChI is InChI=1S/C66H41NS3Si/c1-4-18-44(19-5-1)71(45-20-6-2-7-21-45,46-22-8-3-9-23-46)47-38-52(42-32-34-63-55(36-42)49-25-11-15-29-60(49)68-63)66(53(39-47)43-33-35-64-56(37-43)50-26-12-16-30-61(50)69-64)67-58-28-14-10-24-48(58)54-41-65-57(40-59(54)67)51-27-13-17-31-62(51)70-65/h1-41H/i1D,2D,3D,4D,5D,6D,7D,8D,9D,18D,19D,20D,21D,22D,23D,38D,39D. The van der Waals surface area contributed by atoms with Crippen molar-refractivity contribution in [1.82, 2.24) is 4.57 Å². The Balaban J connectivity index is 1.28. The molecule has 71 heavy (non-hydrogen) atoms. The van der Waals surface area contributed by atoms with Crippen LogP contribution in [0.15, 0.2) is 248 Å². The highest BCUT2D eigenvalue weighted by molar-refractivity contribution is 7.26. The van der Waals surface area contributed by atoms with E-state index in [0.29, 0.717) is 22.2 Å². The summed E-state index contributed by atoms with van der Waals surface area (Å²) < 4.78 is 174. The quantitative estimate of drug-likeness (QED) is 0.111. The minimum atomic E-state index is -6.16. The lowest BCUT2D eigenvalue weighted by atomic mass is 9.93. The Bertz CT molecular complexity index is 5250. The third-order valence-corrected chi connectivity index (χ3v) is 21.1.